The maximum Gasteiger partial charge on any atom is 0.422 e. The topological polar surface area (TPSA) is 111 Å². The molecule has 0 radical (unpaired) electrons. The molecule has 0 aliphatic heterocycles. The first-order valence-corrected chi connectivity index (χ1v) is 5.66. The van der Waals surface area contributed by atoms with Crippen LogP contribution in [0.3, 0.4) is 0 Å². The smallest absolute Gasteiger partial charge is 0.422 e. The second kappa shape index (κ2) is 4.71. The number of carbonyl (C=O) groups is 1. The maximum absolute atomic E-state index is 11.3. The highest BCUT2D eigenvalue weighted by molar-refractivity contribution is 7.91. The van der Waals surface area contributed by atoms with E-state index >= 15 is 0 Å². The van der Waals surface area contributed by atoms with E-state index in [0.29, 0.717) is 0 Å². The van der Waals surface area contributed by atoms with Gasteiger partial charge >= 0.3 is 16.3 Å². The normalized spacial score (nSPS) is 10.6. The molecule has 0 saturated carbocycles. The second-order valence-corrected chi connectivity index (χ2v) is 4.20. The number of carbonyl (C=O) groups excluding carboxylic acids is 1. The van der Waals surface area contributed by atoms with Gasteiger partial charge in [-0.25, -0.2) is 9.52 Å². The minimum absolute atomic E-state index is 0.180. The summed E-state index contributed by atoms with van der Waals surface area (Å²) in [6.07, 6.45) is -1.08. The van der Waals surface area contributed by atoms with E-state index in [1.807, 2.05) is 0 Å². The van der Waals surface area contributed by atoms with E-state index in [4.69, 9.17) is 5.73 Å². The fraction of sp³-hybridized carbons (Fsp3) is 0.125. The zero-order valence-electron chi connectivity index (χ0n) is 8.43. The molecule has 16 heavy (non-hydrogen) atoms. The van der Waals surface area contributed by atoms with E-state index in [2.05, 4.69) is 9.46 Å². The van der Waals surface area contributed by atoms with Crippen molar-refractivity contribution in [2.45, 2.75) is 0 Å². The minimum Gasteiger partial charge on any atom is -0.452 e. The SMILES string of the molecule is COC(=O)NS(=O)(=O)Nc1ccccc1N. The summed E-state index contributed by atoms with van der Waals surface area (Å²) in [6.45, 7) is 0. The predicted molar refractivity (Wildman–Crippen MR) is 58.9 cm³/mol. The second-order valence-electron chi connectivity index (χ2n) is 2.79. The first-order valence-electron chi connectivity index (χ1n) is 4.17. The van der Waals surface area contributed by atoms with Gasteiger partial charge in [-0.1, -0.05) is 12.1 Å². The zero-order valence-corrected chi connectivity index (χ0v) is 9.24. The number of nitrogens with one attached hydrogen (secondary N) is 2. The number of ether oxygens (including phenoxy) is 1. The van der Waals surface area contributed by atoms with E-state index in [9.17, 15) is 13.2 Å². The molecule has 4 N–H and O–H groups in total. The number of hydrogen-bond donors (Lipinski definition) is 3. The van der Waals surface area contributed by atoms with Crippen LogP contribution in [0.1, 0.15) is 0 Å². The van der Waals surface area contributed by atoms with Crippen molar-refractivity contribution in [2.24, 2.45) is 0 Å². The molecular formula is C8H11N3O4S. The fourth-order valence-electron chi connectivity index (χ4n) is 0.912. The Morgan fingerprint density at radius 2 is 2.00 bits per heavy atom. The lowest BCUT2D eigenvalue weighted by Gasteiger charge is -2.09. The van der Waals surface area contributed by atoms with Gasteiger partial charge in [-0.05, 0) is 12.1 Å². The summed E-state index contributed by atoms with van der Waals surface area (Å²) in [4.78, 5) is 10.7. The van der Waals surface area contributed by atoms with Crippen LogP contribution in [0.5, 0.6) is 0 Å². The first kappa shape index (κ1) is 12.1. The van der Waals surface area contributed by atoms with Gasteiger partial charge in [0.15, 0.2) is 0 Å². The zero-order chi connectivity index (χ0) is 12.2. The highest BCUT2D eigenvalue weighted by atomic mass is 32.2. The molecule has 0 spiro atoms. The van der Waals surface area contributed by atoms with Gasteiger partial charge in [0.1, 0.15) is 0 Å². The highest BCUT2D eigenvalue weighted by Gasteiger charge is 2.15. The number of benzene rings is 1. The molecular weight excluding hydrogens is 234 g/mol. The third kappa shape index (κ3) is 3.31. The summed E-state index contributed by atoms with van der Waals surface area (Å²) < 4.78 is 30.6. The summed E-state index contributed by atoms with van der Waals surface area (Å²) in [7, 11) is -2.97. The van der Waals surface area contributed by atoms with Gasteiger partial charge in [0.25, 0.3) is 0 Å². The molecule has 0 fully saturated rings. The number of para-hydroxylation sites is 2. The molecule has 7 nitrogen and oxygen atoms in total. The Kier molecular flexibility index (Phi) is 3.56. The summed E-state index contributed by atoms with van der Waals surface area (Å²) >= 11 is 0. The molecule has 1 aromatic rings. The van der Waals surface area contributed by atoms with E-state index in [0.717, 1.165) is 7.11 Å². The van der Waals surface area contributed by atoms with E-state index in [1.165, 1.54) is 12.1 Å². The van der Waals surface area contributed by atoms with E-state index in [1.54, 1.807) is 16.9 Å². The molecule has 1 rings (SSSR count). The van der Waals surface area contributed by atoms with Crippen molar-refractivity contribution < 1.29 is 17.9 Å². The Morgan fingerprint density at radius 1 is 1.38 bits per heavy atom. The monoisotopic (exact) mass is 245 g/mol. The summed E-state index contributed by atoms with van der Waals surface area (Å²) in [5.74, 6) is 0. The summed E-state index contributed by atoms with van der Waals surface area (Å²) in [5.41, 5.74) is 5.95. The molecule has 0 saturated heterocycles. The largest absolute Gasteiger partial charge is 0.452 e. The maximum atomic E-state index is 11.3. The lowest BCUT2D eigenvalue weighted by atomic mass is 10.3. The average Bonchev–Trinajstić information content (AvgIpc) is 2.20. The number of nitrogen functional groups attached to an aromatic ring is 1. The van der Waals surface area contributed by atoms with Crippen LogP contribution in [0.15, 0.2) is 24.3 Å². The Morgan fingerprint density at radius 3 is 2.56 bits per heavy atom. The van der Waals surface area contributed by atoms with Crippen molar-refractivity contribution in [2.75, 3.05) is 17.6 Å². The number of rotatable bonds is 3. The van der Waals surface area contributed by atoms with Crippen LogP contribution in [-0.4, -0.2) is 21.6 Å². The molecule has 0 aliphatic rings. The Balaban J connectivity index is 2.81. The average molecular weight is 245 g/mol. The van der Waals surface area contributed by atoms with Crippen LogP contribution >= 0.6 is 0 Å². The van der Waals surface area contributed by atoms with E-state index in [-0.39, 0.29) is 11.4 Å². The number of hydrogen-bond acceptors (Lipinski definition) is 5. The summed E-state index contributed by atoms with van der Waals surface area (Å²) in [5, 5.41) is 0. The van der Waals surface area contributed by atoms with Crippen molar-refractivity contribution in [3.63, 3.8) is 0 Å². The standard InChI is InChI=1S/C8H11N3O4S/c1-15-8(12)11-16(13,14)10-7-5-3-2-4-6(7)9/h2-5,10H,9H2,1H3,(H,11,12). The van der Waals surface area contributed by atoms with Gasteiger partial charge in [0, 0.05) is 0 Å². The molecule has 8 heteroatoms. The van der Waals surface area contributed by atoms with Gasteiger partial charge in [0.2, 0.25) is 0 Å². The molecule has 0 heterocycles. The lowest BCUT2D eigenvalue weighted by molar-refractivity contribution is 0.177. The molecule has 1 amide bonds. The molecule has 1 aromatic carbocycles. The number of nitrogens with two attached hydrogens (primary N) is 1. The van der Waals surface area contributed by atoms with Gasteiger partial charge in [0.05, 0.1) is 18.5 Å². The van der Waals surface area contributed by atoms with Crippen LogP contribution in [0.2, 0.25) is 0 Å². The van der Waals surface area contributed by atoms with Crippen LogP contribution < -0.4 is 15.2 Å². The van der Waals surface area contributed by atoms with Crippen LogP contribution in [0.25, 0.3) is 0 Å². The molecule has 0 atom stereocenters. The number of amides is 1. The molecule has 0 aromatic heterocycles. The minimum atomic E-state index is -4.02. The highest BCUT2D eigenvalue weighted by Crippen LogP contribution is 2.17. The molecule has 88 valence electrons. The van der Waals surface area contributed by atoms with Gasteiger partial charge < -0.3 is 10.5 Å². The Labute approximate surface area is 92.8 Å². The quantitative estimate of drug-likeness (QED) is 0.662. The van der Waals surface area contributed by atoms with Gasteiger partial charge in [-0.2, -0.15) is 8.42 Å². The van der Waals surface area contributed by atoms with Crippen LogP contribution in [-0.2, 0) is 14.9 Å². The van der Waals surface area contributed by atoms with Crippen molar-refractivity contribution in [3.8, 4) is 0 Å². The predicted octanol–water partition coefficient (Wildman–Crippen LogP) is 0.281. The number of anilines is 2. The first-order chi connectivity index (χ1) is 7.44. The third-order valence-electron chi connectivity index (χ3n) is 1.61. The number of methoxy groups -OCH3 is 1. The molecule has 0 aliphatic carbocycles. The van der Waals surface area contributed by atoms with Crippen molar-refractivity contribution in [1.29, 1.82) is 0 Å². The van der Waals surface area contributed by atoms with Gasteiger partial charge in [-0.3, -0.25) is 4.72 Å². The molecule has 0 bridgehead atoms. The summed E-state index contributed by atoms with van der Waals surface area (Å²) in [6, 6.07) is 6.25. The van der Waals surface area contributed by atoms with Gasteiger partial charge in [-0.15, -0.1) is 0 Å². The van der Waals surface area contributed by atoms with Crippen molar-refractivity contribution in [3.05, 3.63) is 24.3 Å². The Bertz CT molecular complexity index is 486. The third-order valence-corrected chi connectivity index (χ3v) is 2.53. The van der Waals surface area contributed by atoms with E-state index < -0.39 is 16.3 Å². The van der Waals surface area contributed by atoms with Crippen molar-refractivity contribution in [1.82, 2.24) is 4.72 Å². The van der Waals surface area contributed by atoms with Crippen molar-refractivity contribution >= 4 is 27.7 Å². The lowest BCUT2D eigenvalue weighted by Crippen LogP contribution is -2.35. The fourth-order valence-corrected chi connectivity index (χ4v) is 1.74. The Hall–Kier alpha value is -1.96. The molecule has 0 unspecified atom stereocenters. The van der Waals surface area contributed by atoms with Crippen LogP contribution in [0, 0.1) is 0 Å². The van der Waals surface area contributed by atoms with Crippen LogP contribution in [0.4, 0.5) is 16.2 Å².